The number of carbonyl (C=O) groups excluding carboxylic acids is 2. The summed E-state index contributed by atoms with van der Waals surface area (Å²) < 4.78 is 4.48. The highest BCUT2D eigenvalue weighted by Crippen LogP contribution is 2.20. The van der Waals surface area contributed by atoms with Gasteiger partial charge in [0.2, 0.25) is 5.91 Å². The number of carbonyl (C=O) groups is 2. The number of aryl methyl sites for hydroxylation is 1. The molecule has 0 heterocycles. The molecule has 0 saturated carbocycles. The van der Waals surface area contributed by atoms with Gasteiger partial charge in [-0.05, 0) is 24.6 Å². The monoisotopic (exact) mass is 287 g/mol. The second kappa shape index (κ2) is 7.28. The number of thioether (sulfide) groups is 1. The molecule has 18 heavy (non-hydrogen) atoms. The maximum atomic E-state index is 11.6. The summed E-state index contributed by atoms with van der Waals surface area (Å²) in [5.41, 5.74) is 1.62. The zero-order chi connectivity index (χ0) is 13.5. The predicted octanol–water partition coefficient (Wildman–Crippen LogP) is 2.49. The van der Waals surface area contributed by atoms with Gasteiger partial charge in [0.15, 0.2) is 0 Å². The van der Waals surface area contributed by atoms with Crippen LogP contribution >= 0.6 is 23.4 Å². The van der Waals surface area contributed by atoms with Crippen molar-refractivity contribution in [3.05, 3.63) is 28.8 Å². The molecular formula is C12H14ClNO3S. The highest BCUT2D eigenvalue weighted by Gasteiger charge is 2.07. The van der Waals surface area contributed by atoms with E-state index in [1.165, 1.54) is 18.9 Å². The summed E-state index contributed by atoms with van der Waals surface area (Å²) in [6, 6.07) is 5.29. The first kappa shape index (κ1) is 14.9. The number of halogens is 1. The molecule has 1 N–H and O–H groups in total. The molecule has 0 aliphatic rings. The van der Waals surface area contributed by atoms with E-state index < -0.39 is 0 Å². The molecule has 1 rings (SSSR count). The van der Waals surface area contributed by atoms with Crippen LogP contribution in [0.3, 0.4) is 0 Å². The topological polar surface area (TPSA) is 55.4 Å². The molecule has 1 amide bonds. The number of hydrogen-bond donors (Lipinski definition) is 1. The summed E-state index contributed by atoms with van der Waals surface area (Å²) in [5, 5.41) is 3.31. The van der Waals surface area contributed by atoms with Gasteiger partial charge >= 0.3 is 5.97 Å². The Bertz CT molecular complexity index is 451. The van der Waals surface area contributed by atoms with Crippen molar-refractivity contribution in [3.8, 4) is 0 Å². The molecule has 0 bridgehead atoms. The van der Waals surface area contributed by atoms with E-state index in [-0.39, 0.29) is 23.4 Å². The highest BCUT2D eigenvalue weighted by molar-refractivity contribution is 8.00. The second-order valence-electron chi connectivity index (χ2n) is 3.58. The van der Waals surface area contributed by atoms with E-state index in [1.807, 2.05) is 13.0 Å². The molecule has 0 spiro atoms. The Balaban J connectivity index is 2.44. The molecule has 0 unspecified atom stereocenters. The lowest BCUT2D eigenvalue weighted by Gasteiger charge is -2.08. The molecule has 6 heteroatoms. The Hall–Kier alpha value is -1.20. The van der Waals surface area contributed by atoms with E-state index in [2.05, 4.69) is 10.1 Å². The summed E-state index contributed by atoms with van der Waals surface area (Å²) in [6.07, 6.45) is 0. The van der Waals surface area contributed by atoms with Crippen LogP contribution in [-0.4, -0.2) is 30.5 Å². The third kappa shape index (κ3) is 4.98. The van der Waals surface area contributed by atoms with Crippen LogP contribution in [0.5, 0.6) is 0 Å². The molecule has 0 aliphatic heterocycles. The van der Waals surface area contributed by atoms with Gasteiger partial charge < -0.3 is 10.1 Å². The SMILES string of the molecule is COC(=O)CSCC(=O)Nc1cc(Cl)ccc1C. The number of benzene rings is 1. The maximum Gasteiger partial charge on any atom is 0.315 e. The third-order valence-corrected chi connectivity index (χ3v) is 3.30. The summed E-state index contributed by atoms with van der Waals surface area (Å²) in [6.45, 7) is 1.88. The molecule has 0 saturated heterocycles. The minimum absolute atomic E-state index is 0.165. The Morgan fingerprint density at radius 2 is 2.11 bits per heavy atom. The molecule has 1 aromatic rings. The van der Waals surface area contributed by atoms with Crippen LogP contribution in [0.1, 0.15) is 5.56 Å². The van der Waals surface area contributed by atoms with Gasteiger partial charge in [-0.3, -0.25) is 9.59 Å². The Morgan fingerprint density at radius 1 is 1.39 bits per heavy atom. The Morgan fingerprint density at radius 3 is 2.78 bits per heavy atom. The van der Waals surface area contributed by atoms with Crippen molar-refractivity contribution in [1.82, 2.24) is 0 Å². The number of methoxy groups -OCH3 is 1. The lowest BCUT2D eigenvalue weighted by atomic mass is 10.2. The predicted molar refractivity (Wildman–Crippen MR) is 74.2 cm³/mol. The summed E-state index contributed by atoms with van der Waals surface area (Å²) in [7, 11) is 1.32. The Kier molecular flexibility index (Phi) is 6.01. The van der Waals surface area contributed by atoms with Gasteiger partial charge in [-0.2, -0.15) is 0 Å². The zero-order valence-electron chi connectivity index (χ0n) is 10.2. The van der Waals surface area contributed by atoms with Gasteiger partial charge in [-0.15, -0.1) is 11.8 Å². The van der Waals surface area contributed by atoms with Crippen LogP contribution in [0.4, 0.5) is 5.69 Å². The van der Waals surface area contributed by atoms with Gasteiger partial charge in [-0.1, -0.05) is 17.7 Å². The van der Waals surface area contributed by atoms with E-state index >= 15 is 0 Å². The first-order chi connectivity index (χ1) is 8.52. The fourth-order valence-corrected chi connectivity index (χ4v) is 2.02. The van der Waals surface area contributed by atoms with Crippen LogP contribution in [0.15, 0.2) is 18.2 Å². The number of hydrogen-bond acceptors (Lipinski definition) is 4. The standard InChI is InChI=1S/C12H14ClNO3S/c1-8-3-4-9(13)5-10(8)14-11(15)6-18-7-12(16)17-2/h3-5H,6-7H2,1-2H3,(H,14,15). The van der Waals surface area contributed by atoms with E-state index in [0.717, 1.165) is 5.56 Å². The van der Waals surface area contributed by atoms with Gasteiger partial charge in [-0.25, -0.2) is 0 Å². The summed E-state index contributed by atoms with van der Waals surface area (Å²) >= 11 is 7.05. The van der Waals surface area contributed by atoms with Crippen molar-refractivity contribution in [2.24, 2.45) is 0 Å². The maximum absolute atomic E-state index is 11.6. The zero-order valence-corrected chi connectivity index (χ0v) is 11.7. The fraction of sp³-hybridized carbons (Fsp3) is 0.333. The van der Waals surface area contributed by atoms with Gasteiger partial charge in [0.05, 0.1) is 18.6 Å². The number of anilines is 1. The molecule has 0 aromatic heterocycles. The van der Waals surface area contributed by atoms with Crippen LogP contribution in [-0.2, 0) is 14.3 Å². The van der Waals surface area contributed by atoms with Gasteiger partial charge in [0, 0.05) is 10.7 Å². The van der Waals surface area contributed by atoms with Crippen LogP contribution in [0, 0.1) is 6.92 Å². The van der Waals surface area contributed by atoms with Crippen molar-refractivity contribution in [2.75, 3.05) is 23.9 Å². The van der Waals surface area contributed by atoms with Crippen molar-refractivity contribution in [1.29, 1.82) is 0 Å². The van der Waals surface area contributed by atoms with Crippen molar-refractivity contribution in [2.45, 2.75) is 6.92 Å². The molecule has 0 aliphatic carbocycles. The molecule has 1 aromatic carbocycles. The minimum atomic E-state index is -0.341. The fourth-order valence-electron chi connectivity index (χ4n) is 1.20. The summed E-state index contributed by atoms with van der Waals surface area (Å²) in [4.78, 5) is 22.5. The normalized spacial score (nSPS) is 9.94. The van der Waals surface area contributed by atoms with Gasteiger partial charge in [0.1, 0.15) is 0 Å². The van der Waals surface area contributed by atoms with Crippen LogP contribution in [0.2, 0.25) is 5.02 Å². The van der Waals surface area contributed by atoms with E-state index in [0.29, 0.717) is 10.7 Å². The van der Waals surface area contributed by atoms with Crippen molar-refractivity contribution < 1.29 is 14.3 Å². The smallest absolute Gasteiger partial charge is 0.315 e. The second-order valence-corrected chi connectivity index (χ2v) is 5.00. The van der Waals surface area contributed by atoms with E-state index in [1.54, 1.807) is 12.1 Å². The molecule has 0 radical (unpaired) electrons. The van der Waals surface area contributed by atoms with E-state index in [9.17, 15) is 9.59 Å². The van der Waals surface area contributed by atoms with Crippen molar-refractivity contribution in [3.63, 3.8) is 0 Å². The average Bonchev–Trinajstić information content (AvgIpc) is 2.33. The number of esters is 1. The van der Waals surface area contributed by atoms with Crippen LogP contribution in [0.25, 0.3) is 0 Å². The number of ether oxygens (including phenoxy) is 1. The Labute approximate surface area is 115 Å². The number of rotatable bonds is 5. The van der Waals surface area contributed by atoms with Crippen molar-refractivity contribution >= 4 is 40.9 Å². The quantitative estimate of drug-likeness (QED) is 0.846. The summed E-state index contributed by atoms with van der Waals surface area (Å²) in [5.74, 6) is -0.152. The third-order valence-electron chi connectivity index (χ3n) is 2.15. The number of nitrogens with one attached hydrogen (secondary N) is 1. The lowest BCUT2D eigenvalue weighted by Crippen LogP contribution is -2.16. The first-order valence-electron chi connectivity index (χ1n) is 5.23. The molecule has 0 atom stereocenters. The average molecular weight is 288 g/mol. The molecule has 98 valence electrons. The number of amides is 1. The lowest BCUT2D eigenvalue weighted by molar-refractivity contribution is -0.137. The first-order valence-corrected chi connectivity index (χ1v) is 6.76. The molecule has 0 fully saturated rings. The minimum Gasteiger partial charge on any atom is -0.468 e. The largest absolute Gasteiger partial charge is 0.468 e. The van der Waals surface area contributed by atoms with E-state index in [4.69, 9.17) is 11.6 Å². The molecular weight excluding hydrogens is 274 g/mol. The van der Waals surface area contributed by atoms with Crippen LogP contribution < -0.4 is 5.32 Å². The molecule has 4 nitrogen and oxygen atoms in total. The highest BCUT2D eigenvalue weighted by atomic mass is 35.5. The van der Waals surface area contributed by atoms with Gasteiger partial charge in [0.25, 0.3) is 0 Å².